The van der Waals surface area contributed by atoms with Gasteiger partial charge in [0, 0.05) is 28.4 Å². The van der Waals surface area contributed by atoms with E-state index in [1.54, 1.807) is 18.3 Å². The second kappa shape index (κ2) is 8.00. The van der Waals surface area contributed by atoms with Crippen molar-refractivity contribution in [2.24, 2.45) is 0 Å². The van der Waals surface area contributed by atoms with Gasteiger partial charge in [0.15, 0.2) is 0 Å². The molecule has 0 atom stereocenters. The summed E-state index contributed by atoms with van der Waals surface area (Å²) < 4.78 is 60.0. The molecule has 0 aliphatic rings. The maximum Gasteiger partial charge on any atom is 0.497 e. The Morgan fingerprint density at radius 2 is 1.79 bits per heavy atom. The Bertz CT molecular complexity index is 1060. The number of aryl methyl sites for hydroxylation is 1. The minimum absolute atomic E-state index is 0.0786. The topological polar surface area (TPSA) is 59.9 Å². The number of aromatic nitrogens is 2. The lowest BCUT2D eigenvalue weighted by Crippen LogP contribution is -2.24. The standard InChI is InChI=1S/C19H17F3N2O2S2/c1-2-3-16-10-15(8-9-23-16)18-24-17(11-27-18)14-6-4-13(5-7-14)12-28(25,26)19(20,21)22/h4-11H,2-3,12H2,1H3. The van der Waals surface area contributed by atoms with Gasteiger partial charge in [-0.05, 0) is 24.1 Å². The fourth-order valence-corrected chi connectivity index (χ4v) is 4.24. The Labute approximate surface area is 165 Å². The number of nitrogens with zero attached hydrogens (tertiary/aromatic N) is 2. The maximum absolute atomic E-state index is 12.5. The molecule has 28 heavy (non-hydrogen) atoms. The Morgan fingerprint density at radius 3 is 2.43 bits per heavy atom. The zero-order chi connectivity index (χ0) is 20.4. The van der Waals surface area contributed by atoms with Gasteiger partial charge in [-0.1, -0.05) is 37.6 Å². The van der Waals surface area contributed by atoms with Crippen LogP contribution in [0.5, 0.6) is 0 Å². The second-order valence-corrected chi connectivity index (χ2v) is 9.06. The molecule has 0 fully saturated rings. The Hall–Kier alpha value is -2.26. The summed E-state index contributed by atoms with van der Waals surface area (Å²) in [5.74, 6) is -1.07. The largest absolute Gasteiger partial charge is 0.497 e. The van der Waals surface area contributed by atoms with E-state index >= 15 is 0 Å². The molecule has 3 aromatic rings. The third kappa shape index (κ3) is 4.59. The van der Waals surface area contributed by atoms with Crippen molar-refractivity contribution in [2.45, 2.75) is 31.0 Å². The summed E-state index contributed by atoms with van der Waals surface area (Å²) in [6.45, 7) is 2.08. The van der Waals surface area contributed by atoms with Crippen molar-refractivity contribution in [3.05, 3.63) is 59.2 Å². The third-order valence-electron chi connectivity index (χ3n) is 4.03. The summed E-state index contributed by atoms with van der Waals surface area (Å²) in [5.41, 5.74) is -1.83. The monoisotopic (exact) mass is 426 g/mol. The average Bonchev–Trinajstić information content (AvgIpc) is 3.12. The Kier molecular flexibility index (Phi) is 5.85. The van der Waals surface area contributed by atoms with Crippen LogP contribution in [0.15, 0.2) is 48.0 Å². The molecule has 3 rings (SSSR count). The van der Waals surface area contributed by atoms with E-state index in [1.807, 2.05) is 17.5 Å². The van der Waals surface area contributed by atoms with Gasteiger partial charge in [0.1, 0.15) is 5.01 Å². The number of hydrogen-bond acceptors (Lipinski definition) is 5. The van der Waals surface area contributed by atoms with E-state index in [9.17, 15) is 21.6 Å². The first-order valence-corrected chi connectivity index (χ1v) is 11.0. The van der Waals surface area contributed by atoms with Crippen molar-refractivity contribution in [3.63, 3.8) is 0 Å². The Balaban J connectivity index is 1.80. The molecule has 0 unspecified atom stereocenters. The second-order valence-electron chi connectivity index (χ2n) is 6.23. The van der Waals surface area contributed by atoms with Gasteiger partial charge in [0.05, 0.1) is 11.4 Å². The number of sulfone groups is 1. The number of thiazole rings is 1. The molecular formula is C19H17F3N2O2S2. The van der Waals surface area contributed by atoms with Crippen LogP contribution in [-0.4, -0.2) is 23.9 Å². The molecular weight excluding hydrogens is 409 g/mol. The highest BCUT2D eigenvalue weighted by molar-refractivity contribution is 7.91. The van der Waals surface area contributed by atoms with Crippen LogP contribution < -0.4 is 0 Å². The molecule has 0 bridgehead atoms. The average molecular weight is 426 g/mol. The SMILES string of the molecule is CCCc1cc(-c2nc(-c3ccc(CS(=O)(=O)C(F)(F)F)cc3)cs2)ccn1. The maximum atomic E-state index is 12.5. The summed E-state index contributed by atoms with van der Waals surface area (Å²) in [6.07, 6.45) is 3.63. The molecule has 0 aliphatic carbocycles. The van der Waals surface area contributed by atoms with Crippen LogP contribution in [0.3, 0.4) is 0 Å². The van der Waals surface area contributed by atoms with Crippen LogP contribution in [-0.2, 0) is 22.0 Å². The van der Waals surface area contributed by atoms with E-state index in [4.69, 9.17) is 0 Å². The number of rotatable bonds is 6. The number of hydrogen-bond donors (Lipinski definition) is 0. The summed E-state index contributed by atoms with van der Waals surface area (Å²) in [5, 5.41) is 2.68. The minimum atomic E-state index is -5.25. The van der Waals surface area contributed by atoms with Crippen molar-refractivity contribution in [3.8, 4) is 21.8 Å². The van der Waals surface area contributed by atoms with Crippen LogP contribution in [0.25, 0.3) is 21.8 Å². The molecule has 0 aliphatic heterocycles. The Morgan fingerprint density at radius 1 is 1.07 bits per heavy atom. The highest BCUT2D eigenvalue weighted by atomic mass is 32.2. The van der Waals surface area contributed by atoms with Gasteiger partial charge < -0.3 is 0 Å². The summed E-state index contributed by atoms with van der Waals surface area (Å²) in [6, 6.07) is 9.79. The fourth-order valence-electron chi connectivity index (χ4n) is 2.62. The number of halogens is 3. The minimum Gasteiger partial charge on any atom is -0.261 e. The van der Waals surface area contributed by atoms with Crippen LogP contribution in [0.1, 0.15) is 24.6 Å². The molecule has 0 saturated carbocycles. The lowest BCUT2D eigenvalue weighted by Gasteiger charge is -2.08. The molecule has 0 radical (unpaired) electrons. The van der Waals surface area contributed by atoms with Crippen molar-refractivity contribution in [2.75, 3.05) is 0 Å². The molecule has 148 valence electrons. The highest BCUT2D eigenvalue weighted by Gasteiger charge is 2.45. The number of pyridine rings is 1. The summed E-state index contributed by atoms with van der Waals surface area (Å²) in [7, 11) is -5.19. The van der Waals surface area contributed by atoms with Gasteiger partial charge in [-0.15, -0.1) is 11.3 Å². The van der Waals surface area contributed by atoms with Crippen LogP contribution in [0, 0.1) is 0 Å². The summed E-state index contributed by atoms with van der Waals surface area (Å²) in [4.78, 5) is 8.91. The molecule has 2 heterocycles. The molecule has 0 saturated heterocycles. The van der Waals surface area contributed by atoms with Gasteiger partial charge in [-0.25, -0.2) is 13.4 Å². The van der Waals surface area contributed by atoms with Crippen LogP contribution >= 0.6 is 11.3 Å². The van der Waals surface area contributed by atoms with Gasteiger partial charge in [-0.3, -0.25) is 4.98 Å². The lowest BCUT2D eigenvalue weighted by molar-refractivity contribution is -0.0437. The van der Waals surface area contributed by atoms with Gasteiger partial charge in [0.2, 0.25) is 0 Å². The number of benzene rings is 1. The predicted molar refractivity (Wildman–Crippen MR) is 103 cm³/mol. The van der Waals surface area contributed by atoms with Crippen molar-refractivity contribution < 1.29 is 21.6 Å². The molecule has 1 aromatic carbocycles. The van der Waals surface area contributed by atoms with Crippen LogP contribution in [0.2, 0.25) is 0 Å². The highest BCUT2D eigenvalue weighted by Crippen LogP contribution is 2.30. The molecule has 0 spiro atoms. The van der Waals surface area contributed by atoms with Gasteiger partial charge in [0.25, 0.3) is 9.84 Å². The quantitative estimate of drug-likeness (QED) is 0.540. The molecule has 2 aromatic heterocycles. The van der Waals surface area contributed by atoms with Crippen molar-refractivity contribution in [1.29, 1.82) is 0 Å². The van der Waals surface area contributed by atoms with E-state index < -0.39 is 21.1 Å². The fraction of sp³-hybridized carbons (Fsp3) is 0.263. The van der Waals surface area contributed by atoms with Crippen molar-refractivity contribution >= 4 is 21.2 Å². The van der Waals surface area contributed by atoms with E-state index in [2.05, 4.69) is 16.9 Å². The van der Waals surface area contributed by atoms with E-state index in [0.29, 0.717) is 11.3 Å². The molecule has 9 heteroatoms. The van der Waals surface area contributed by atoms with Crippen molar-refractivity contribution in [1.82, 2.24) is 9.97 Å². The predicted octanol–water partition coefficient (Wildman–Crippen LogP) is 5.26. The first-order valence-electron chi connectivity index (χ1n) is 8.49. The van der Waals surface area contributed by atoms with Crippen LogP contribution in [0.4, 0.5) is 13.2 Å². The zero-order valence-corrected chi connectivity index (χ0v) is 16.5. The first kappa shape index (κ1) is 20.5. The third-order valence-corrected chi connectivity index (χ3v) is 6.34. The van der Waals surface area contributed by atoms with E-state index in [0.717, 1.165) is 29.1 Å². The molecule has 4 nitrogen and oxygen atoms in total. The molecule has 0 amide bonds. The van der Waals surface area contributed by atoms with E-state index in [1.165, 1.54) is 23.5 Å². The van der Waals surface area contributed by atoms with E-state index in [-0.39, 0.29) is 5.56 Å². The smallest absolute Gasteiger partial charge is 0.261 e. The number of alkyl halides is 3. The van der Waals surface area contributed by atoms with Gasteiger partial charge in [-0.2, -0.15) is 13.2 Å². The first-order chi connectivity index (χ1) is 13.2. The normalized spacial score (nSPS) is 12.3. The van der Waals surface area contributed by atoms with Gasteiger partial charge >= 0.3 is 5.51 Å². The lowest BCUT2D eigenvalue weighted by atomic mass is 10.1. The molecule has 0 N–H and O–H groups in total. The summed E-state index contributed by atoms with van der Waals surface area (Å²) >= 11 is 1.46. The zero-order valence-electron chi connectivity index (χ0n) is 14.9.